The number of ether oxygens (including phenoxy) is 1. The Balaban J connectivity index is 1.66. The summed E-state index contributed by atoms with van der Waals surface area (Å²) in [5.41, 5.74) is 4.34. The third-order valence-corrected chi connectivity index (χ3v) is 6.89. The summed E-state index contributed by atoms with van der Waals surface area (Å²) in [6.45, 7) is 5.19. The molecule has 0 amide bonds. The SMILES string of the molecule is CCOC(=O)CCCCCCNC1c2ccccc2N(C)[S+]([O-])c2cc(C)ccc21. The zero-order valence-corrected chi connectivity index (χ0v) is 19.0. The van der Waals surface area contributed by atoms with Crippen molar-refractivity contribution in [3.05, 3.63) is 59.2 Å². The first-order valence-electron chi connectivity index (χ1n) is 10.8. The maximum Gasteiger partial charge on any atom is 0.305 e. The molecule has 3 rings (SSSR count). The van der Waals surface area contributed by atoms with Gasteiger partial charge in [-0.05, 0) is 50.9 Å². The largest absolute Gasteiger partial charge is 0.588 e. The van der Waals surface area contributed by atoms with Crippen molar-refractivity contribution in [3.63, 3.8) is 0 Å². The monoisotopic (exact) mass is 428 g/mol. The second-order valence-electron chi connectivity index (χ2n) is 7.70. The van der Waals surface area contributed by atoms with Gasteiger partial charge in [0.15, 0.2) is 4.90 Å². The van der Waals surface area contributed by atoms with Crippen molar-refractivity contribution >= 4 is 23.0 Å². The highest BCUT2D eigenvalue weighted by Gasteiger charge is 2.34. The molecule has 0 spiro atoms. The molecule has 0 saturated heterocycles. The minimum atomic E-state index is -1.24. The quantitative estimate of drug-likeness (QED) is 0.357. The van der Waals surface area contributed by atoms with Gasteiger partial charge in [-0.15, -0.1) is 0 Å². The van der Waals surface area contributed by atoms with Crippen LogP contribution >= 0.6 is 0 Å². The molecule has 2 atom stereocenters. The van der Waals surface area contributed by atoms with E-state index >= 15 is 0 Å². The highest BCUT2D eigenvalue weighted by molar-refractivity contribution is 7.92. The van der Waals surface area contributed by atoms with Crippen LogP contribution in [-0.2, 0) is 20.9 Å². The Labute approximate surface area is 183 Å². The van der Waals surface area contributed by atoms with Gasteiger partial charge < -0.3 is 14.6 Å². The number of hydrogen-bond acceptors (Lipinski definition) is 5. The lowest BCUT2D eigenvalue weighted by molar-refractivity contribution is -0.143. The first kappa shape index (κ1) is 22.7. The molecule has 162 valence electrons. The molecule has 2 aromatic rings. The first-order chi connectivity index (χ1) is 14.5. The fraction of sp³-hybridized carbons (Fsp3) is 0.458. The summed E-state index contributed by atoms with van der Waals surface area (Å²) in [4.78, 5) is 12.3. The normalized spacial score (nSPS) is 17.8. The van der Waals surface area contributed by atoms with E-state index in [-0.39, 0.29) is 12.0 Å². The van der Waals surface area contributed by atoms with Crippen LogP contribution in [0.4, 0.5) is 5.69 Å². The molecule has 1 heterocycles. The minimum Gasteiger partial charge on any atom is -0.588 e. The molecular weight excluding hydrogens is 396 g/mol. The summed E-state index contributed by atoms with van der Waals surface area (Å²) in [5, 5.41) is 3.70. The molecule has 0 aromatic heterocycles. The number of unbranched alkanes of at least 4 members (excludes halogenated alkanes) is 3. The molecule has 2 unspecified atom stereocenters. The fourth-order valence-electron chi connectivity index (χ4n) is 3.90. The van der Waals surface area contributed by atoms with Crippen molar-refractivity contribution < 1.29 is 14.1 Å². The number of esters is 1. The Morgan fingerprint density at radius 1 is 1.13 bits per heavy atom. The van der Waals surface area contributed by atoms with Crippen molar-refractivity contribution in [2.24, 2.45) is 0 Å². The van der Waals surface area contributed by atoms with E-state index in [1.165, 1.54) is 0 Å². The molecule has 1 aliphatic rings. The molecule has 0 aliphatic carbocycles. The van der Waals surface area contributed by atoms with Gasteiger partial charge in [0.2, 0.25) is 0 Å². The number of para-hydroxylation sites is 1. The summed E-state index contributed by atoms with van der Waals surface area (Å²) in [5.74, 6) is -0.102. The topological polar surface area (TPSA) is 64.6 Å². The van der Waals surface area contributed by atoms with Crippen LogP contribution in [0.2, 0.25) is 0 Å². The Hall–Kier alpha value is -2.02. The van der Waals surface area contributed by atoms with Gasteiger partial charge in [-0.1, -0.05) is 43.2 Å². The summed E-state index contributed by atoms with van der Waals surface area (Å²) in [7, 11) is 1.90. The first-order valence-corrected chi connectivity index (χ1v) is 11.9. The van der Waals surface area contributed by atoms with Crippen molar-refractivity contribution in [2.45, 2.75) is 56.9 Å². The second-order valence-corrected chi connectivity index (χ2v) is 9.19. The molecule has 5 nitrogen and oxygen atoms in total. The van der Waals surface area contributed by atoms with Crippen LogP contribution in [0.3, 0.4) is 0 Å². The molecule has 0 radical (unpaired) electrons. The summed E-state index contributed by atoms with van der Waals surface area (Å²) < 4.78 is 20.1. The molecule has 1 N–H and O–H groups in total. The van der Waals surface area contributed by atoms with E-state index in [9.17, 15) is 9.35 Å². The number of fused-ring (bicyclic) bond motifs is 2. The van der Waals surface area contributed by atoms with Crippen LogP contribution in [0.15, 0.2) is 47.4 Å². The van der Waals surface area contributed by atoms with Crippen LogP contribution in [0, 0.1) is 6.92 Å². The van der Waals surface area contributed by atoms with Gasteiger partial charge in [0.25, 0.3) is 0 Å². The van der Waals surface area contributed by atoms with Gasteiger partial charge in [0.05, 0.1) is 25.4 Å². The van der Waals surface area contributed by atoms with Crippen LogP contribution in [0.1, 0.15) is 61.8 Å². The third kappa shape index (κ3) is 5.36. The van der Waals surface area contributed by atoms with E-state index in [0.717, 1.165) is 59.5 Å². The number of carbonyl (C=O) groups is 1. The van der Waals surface area contributed by atoms with E-state index in [1.807, 2.05) is 49.5 Å². The molecule has 0 fully saturated rings. The van der Waals surface area contributed by atoms with Crippen molar-refractivity contribution in [2.75, 3.05) is 24.5 Å². The average Bonchev–Trinajstić information content (AvgIpc) is 2.82. The lowest BCUT2D eigenvalue weighted by Crippen LogP contribution is -2.26. The van der Waals surface area contributed by atoms with Gasteiger partial charge in [-0.25, -0.2) is 0 Å². The molecule has 30 heavy (non-hydrogen) atoms. The van der Waals surface area contributed by atoms with Gasteiger partial charge in [-0.3, -0.25) is 4.79 Å². The number of aryl methyl sites for hydroxylation is 1. The second kappa shape index (κ2) is 10.8. The summed E-state index contributed by atoms with van der Waals surface area (Å²) in [6, 6.07) is 14.4. The summed E-state index contributed by atoms with van der Waals surface area (Å²) in [6.07, 6.45) is 4.48. The average molecular weight is 429 g/mol. The van der Waals surface area contributed by atoms with Crippen LogP contribution in [0.5, 0.6) is 0 Å². The highest BCUT2D eigenvalue weighted by atomic mass is 32.2. The van der Waals surface area contributed by atoms with Gasteiger partial charge in [0.1, 0.15) is 11.4 Å². The summed E-state index contributed by atoms with van der Waals surface area (Å²) >= 11 is -1.24. The number of anilines is 1. The lowest BCUT2D eigenvalue weighted by Gasteiger charge is -2.21. The van der Waals surface area contributed by atoms with Gasteiger partial charge in [0, 0.05) is 17.5 Å². The fourth-order valence-corrected chi connectivity index (χ4v) is 5.22. The van der Waals surface area contributed by atoms with Crippen molar-refractivity contribution in [3.8, 4) is 0 Å². The maximum atomic E-state index is 13.2. The maximum absolute atomic E-state index is 13.2. The van der Waals surface area contributed by atoms with Crippen LogP contribution in [0.25, 0.3) is 0 Å². The number of nitrogens with one attached hydrogen (secondary N) is 1. The van der Waals surface area contributed by atoms with Crippen molar-refractivity contribution in [1.29, 1.82) is 0 Å². The number of benzene rings is 2. The zero-order chi connectivity index (χ0) is 21.5. The Morgan fingerprint density at radius 3 is 2.70 bits per heavy atom. The lowest BCUT2D eigenvalue weighted by atomic mass is 9.96. The number of carbonyl (C=O) groups excluding carboxylic acids is 1. The Bertz CT molecular complexity index is 858. The molecule has 2 aromatic carbocycles. The highest BCUT2D eigenvalue weighted by Crippen LogP contribution is 2.40. The van der Waals surface area contributed by atoms with Gasteiger partial charge >= 0.3 is 5.97 Å². The number of hydrogen-bond donors (Lipinski definition) is 1. The standard InChI is InChI=1S/C24H32N2O3S/c1-4-29-23(27)13-7-5-6-10-16-25-24-19-11-8-9-12-21(19)26(3)30(28)22-17-18(2)14-15-20(22)24/h8-9,11-12,14-15,17,24-25H,4-7,10,13,16H2,1-3H3. The minimum absolute atomic E-state index is 0.00484. The molecule has 6 heteroatoms. The van der Waals surface area contributed by atoms with Crippen LogP contribution < -0.4 is 9.62 Å². The predicted molar refractivity (Wildman–Crippen MR) is 122 cm³/mol. The molecular formula is C24H32N2O3S. The molecule has 0 bridgehead atoms. The molecule has 1 aliphatic heterocycles. The Kier molecular flexibility index (Phi) is 8.19. The van der Waals surface area contributed by atoms with E-state index < -0.39 is 11.4 Å². The van der Waals surface area contributed by atoms with Crippen LogP contribution in [-0.4, -0.2) is 30.7 Å². The van der Waals surface area contributed by atoms with E-state index in [1.54, 1.807) is 0 Å². The smallest absolute Gasteiger partial charge is 0.305 e. The zero-order valence-electron chi connectivity index (χ0n) is 18.1. The van der Waals surface area contributed by atoms with E-state index in [2.05, 4.69) is 23.5 Å². The Morgan fingerprint density at radius 2 is 1.90 bits per heavy atom. The van der Waals surface area contributed by atoms with E-state index in [0.29, 0.717) is 13.0 Å². The number of nitrogens with zero attached hydrogens (tertiary/aromatic N) is 1. The number of rotatable bonds is 9. The molecule has 0 saturated carbocycles. The predicted octanol–water partition coefficient (Wildman–Crippen LogP) is 4.66. The van der Waals surface area contributed by atoms with Gasteiger partial charge in [-0.2, -0.15) is 4.31 Å². The third-order valence-electron chi connectivity index (χ3n) is 5.47. The van der Waals surface area contributed by atoms with Crippen molar-refractivity contribution in [1.82, 2.24) is 5.32 Å². The van der Waals surface area contributed by atoms with E-state index in [4.69, 9.17) is 4.74 Å².